The van der Waals surface area contributed by atoms with Gasteiger partial charge in [0.1, 0.15) is 0 Å². The predicted molar refractivity (Wildman–Crippen MR) is 70.8 cm³/mol. The Balaban J connectivity index is 2.03. The van der Waals surface area contributed by atoms with Crippen LogP contribution in [0.2, 0.25) is 0 Å². The van der Waals surface area contributed by atoms with Gasteiger partial charge in [0.2, 0.25) is 0 Å². The molecule has 1 aliphatic heterocycles. The van der Waals surface area contributed by atoms with Crippen molar-refractivity contribution in [2.75, 3.05) is 11.5 Å². The van der Waals surface area contributed by atoms with Crippen LogP contribution in [0.4, 0.5) is 0 Å². The highest BCUT2D eigenvalue weighted by molar-refractivity contribution is 7.91. The second-order valence-electron chi connectivity index (χ2n) is 7.20. The van der Waals surface area contributed by atoms with E-state index in [-0.39, 0.29) is 5.54 Å². The van der Waals surface area contributed by atoms with Gasteiger partial charge in [-0.15, -0.1) is 0 Å². The molecule has 0 amide bonds. The van der Waals surface area contributed by atoms with Crippen molar-refractivity contribution in [3.8, 4) is 0 Å². The molecule has 0 aromatic rings. The first kappa shape index (κ1) is 13.3. The maximum absolute atomic E-state index is 11.6. The largest absolute Gasteiger partial charge is 0.307 e. The molecule has 1 aliphatic carbocycles. The zero-order valence-corrected chi connectivity index (χ0v) is 12.2. The molecule has 2 rings (SSSR count). The maximum atomic E-state index is 11.6. The number of rotatable bonds is 2. The lowest BCUT2D eigenvalue weighted by Crippen LogP contribution is -2.50. The highest BCUT2D eigenvalue weighted by atomic mass is 32.2. The molecule has 0 aromatic carbocycles. The molecule has 3 nitrogen and oxygen atoms in total. The van der Waals surface area contributed by atoms with Crippen LogP contribution in [0.25, 0.3) is 0 Å². The average molecular weight is 259 g/mol. The summed E-state index contributed by atoms with van der Waals surface area (Å²) in [7, 11) is -2.80. The van der Waals surface area contributed by atoms with Gasteiger partial charge in [0.25, 0.3) is 0 Å². The summed E-state index contributed by atoms with van der Waals surface area (Å²) in [5, 5.41) is 3.64. The third-order valence-corrected chi connectivity index (χ3v) is 6.27. The Kier molecular flexibility index (Phi) is 3.10. The lowest BCUT2D eigenvalue weighted by molar-refractivity contribution is 0.297. The van der Waals surface area contributed by atoms with E-state index in [1.165, 1.54) is 6.42 Å². The molecule has 17 heavy (non-hydrogen) atoms. The Bertz CT molecular complexity index is 402. The van der Waals surface area contributed by atoms with Crippen molar-refractivity contribution in [2.24, 2.45) is 11.3 Å². The number of nitrogens with one attached hydrogen (secondary N) is 1. The molecule has 0 aromatic heterocycles. The van der Waals surface area contributed by atoms with E-state index >= 15 is 0 Å². The lowest BCUT2D eigenvalue weighted by atomic mass is 9.91. The summed E-state index contributed by atoms with van der Waals surface area (Å²) in [5.74, 6) is 1.30. The van der Waals surface area contributed by atoms with Gasteiger partial charge in [-0.2, -0.15) is 0 Å². The van der Waals surface area contributed by atoms with Crippen LogP contribution in [0.1, 0.15) is 47.0 Å². The predicted octanol–water partition coefficient (Wildman–Crippen LogP) is 1.98. The van der Waals surface area contributed by atoms with E-state index < -0.39 is 9.84 Å². The molecule has 100 valence electrons. The minimum absolute atomic E-state index is 0.196. The minimum atomic E-state index is -2.80. The third-order valence-electron chi connectivity index (χ3n) is 4.37. The highest BCUT2D eigenvalue weighted by Crippen LogP contribution is 2.42. The van der Waals surface area contributed by atoms with Crippen molar-refractivity contribution in [2.45, 2.75) is 58.5 Å². The van der Waals surface area contributed by atoms with E-state index in [4.69, 9.17) is 0 Å². The summed E-state index contributed by atoms with van der Waals surface area (Å²) >= 11 is 0. The Hall–Kier alpha value is -0.0900. The van der Waals surface area contributed by atoms with Crippen molar-refractivity contribution in [3.63, 3.8) is 0 Å². The molecule has 3 atom stereocenters. The Morgan fingerprint density at radius 1 is 1.18 bits per heavy atom. The number of hydrogen-bond acceptors (Lipinski definition) is 3. The summed E-state index contributed by atoms with van der Waals surface area (Å²) in [6, 6.07) is 0.475. The smallest absolute Gasteiger partial charge is 0.152 e. The van der Waals surface area contributed by atoms with Crippen molar-refractivity contribution in [1.29, 1.82) is 0 Å². The Morgan fingerprint density at radius 2 is 1.82 bits per heavy atom. The average Bonchev–Trinajstić information content (AvgIpc) is 2.50. The van der Waals surface area contributed by atoms with E-state index in [2.05, 4.69) is 33.0 Å². The normalized spacial score (nSPS) is 44.0. The molecule has 4 heteroatoms. The fourth-order valence-corrected chi connectivity index (χ4v) is 5.76. The van der Waals surface area contributed by atoms with Gasteiger partial charge >= 0.3 is 0 Å². The van der Waals surface area contributed by atoms with Gasteiger partial charge in [0.15, 0.2) is 9.84 Å². The number of sulfone groups is 1. The van der Waals surface area contributed by atoms with Gasteiger partial charge in [0.05, 0.1) is 11.5 Å². The summed E-state index contributed by atoms with van der Waals surface area (Å²) in [4.78, 5) is 0. The SMILES string of the molecule is CC1CC(C)(C)CC1NC1(C)CCS(=O)(=O)C1. The first-order chi connectivity index (χ1) is 7.61. The van der Waals surface area contributed by atoms with Gasteiger partial charge in [-0.25, -0.2) is 8.42 Å². The summed E-state index contributed by atoms with van der Waals surface area (Å²) in [5.41, 5.74) is 0.198. The first-order valence-electron chi connectivity index (χ1n) is 6.59. The van der Waals surface area contributed by atoms with Gasteiger partial charge in [0, 0.05) is 11.6 Å². The van der Waals surface area contributed by atoms with Crippen molar-refractivity contribution in [1.82, 2.24) is 5.32 Å². The molecule has 0 spiro atoms. The summed E-state index contributed by atoms with van der Waals surface area (Å²) < 4.78 is 23.2. The third kappa shape index (κ3) is 3.02. The molecular weight excluding hydrogens is 234 g/mol. The fraction of sp³-hybridized carbons (Fsp3) is 1.00. The van der Waals surface area contributed by atoms with Crippen molar-refractivity contribution >= 4 is 9.84 Å². The molecule has 0 radical (unpaired) electrons. The van der Waals surface area contributed by atoms with E-state index in [0.717, 1.165) is 12.8 Å². The topological polar surface area (TPSA) is 46.2 Å². The highest BCUT2D eigenvalue weighted by Gasteiger charge is 2.44. The van der Waals surface area contributed by atoms with Gasteiger partial charge in [-0.05, 0) is 37.5 Å². The summed E-state index contributed by atoms with van der Waals surface area (Å²) in [6.07, 6.45) is 3.15. The zero-order valence-electron chi connectivity index (χ0n) is 11.4. The monoisotopic (exact) mass is 259 g/mol. The van der Waals surface area contributed by atoms with Crippen LogP contribution in [-0.2, 0) is 9.84 Å². The summed E-state index contributed by atoms with van der Waals surface area (Å²) in [6.45, 7) is 8.95. The second kappa shape index (κ2) is 3.95. The molecule has 1 heterocycles. The van der Waals surface area contributed by atoms with Crippen LogP contribution in [0.3, 0.4) is 0 Å². The van der Waals surface area contributed by atoms with E-state index in [1.54, 1.807) is 0 Å². The molecular formula is C13H25NO2S. The molecule has 1 saturated heterocycles. The standard InChI is InChI=1S/C13H25NO2S/c1-10-7-12(2,3)8-11(10)14-13(4)5-6-17(15,16)9-13/h10-11,14H,5-9H2,1-4H3. The van der Waals surface area contributed by atoms with Crippen LogP contribution in [0, 0.1) is 11.3 Å². The van der Waals surface area contributed by atoms with Crippen LogP contribution in [0.5, 0.6) is 0 Å². The van der Waals surface area contributed by atoms with Crippen molar-refractivity contribution in [3.05, 3.63) is 0 Å². The van der Waals surface area contributed by atoms with Crippen molar-refractivity contribution < 1.29 is 8.42 Å². The van der Waals surface area contributed by atoms with E-state index in [1.807, 2.05) is 0 Å². The maximum Gasteiger partial charge on any atom is 0.152 e. The quantitative estimate of drug-likeness (QED) is 0.825. The van der Waals surface area contributed by atoms with E-state index in [0.29, 0.717) is 28.9 Å². The molecule has 1 N–H and O–H groups in total. The zero-order chi connectivity index (χ0) is 12.9. The molecule has 2 fully saturated rings. The second-order valence-corrected chi connectivity index (χ2v) is 9.39. The minimum Gasteiger partial charge on any atom is -0.307 e. The lowest BCUT2D eigenvalue weighted by Gasteiger charge is -2.31. The molecule has 1 saturated carbocycles. The van der Waals surface area contributed by atoms with E-state index in [9.17, 15) is 8.42 Å². The first-order valence-corrected chi connectivity index (χ1v) is 8.41. The van der Waals surface area contributed by atoms with Crippen LogP contribution in [-0.4, -0.2) is 31.5 Å². The molecule has 0 bridgehead atoms. The fourth-order valence-electron chi connectivity index (χ4n) is 3.66. The Labute approximate surface area is 105 Å². The van der Waals surface area contributed by atoms with Gasteiger partial charge in [-0.3, -0.25) is 0 Å². The van der Waals surface area contributed by atoms with Gasteiger partial charge in [-0.1, -0.05) is 20.8 Å². The molecule has 2 aliphatic rings. The van der Waals surface area contributed by atoms with Crippen LogP contribution in [0.15, 0.2) is 0 Å². The number of hydrogen-bond donors (Lipinski definition) is 1. The van der Waals surface area contributed by atoms with Gasteiger partial charge < -0.3 is 5.32 Å². The molecule has 3 unspecified atom stereocenters. The van der Waals surface area contributed by atoms with Crippen LogP contribution < -0.4 is 5.32 Å². The Morgan fingerprint density at radius 3 is 2.24 bits per heavy atom. The van der Waals surface area contributed by atoms with Crippen LogP contribution >= 0.6 is 0 Å².